The van der Waals surface area contributed by atoms with E-state index in [0.29, 0.717) is 28.7 Å². The summed E-state index contributed by atoms with van der Waals surface area (Å²) in [6.07, 6.45) is 0.275. The summed E-state index contributed by atoms with van der Waals surface area (Å²) < 4.78 is 10.9. The molecule has 0 aliphatic carbocycles. The third-order valence-corrected chi connectivity index (χ3v) is 7.20. The van der Waals surface area contributed by atoms with Crippen molar-refractivity contribution in [3.63, 3.8) is 0 Å². The highest BCUT2D eigenvalue weighted by molar-refractivity contribution is 5.93. The molecule has 0 spiro atoms. The van der Waals surface area contributed by atoms with Gasteiger partial charge in [0.05, 0.1) is 31.0 Å². The normalized spacial score (nSPS) is 13.1. The maximum atomic E-state index is 13.1. The van der Waals surface area contributed by atoms with Crippen LogP contribution < -0.4 is 26.3 Å². The first-order valence-electron chi connectivity index (χ1n) is 13.7. The van der Waals surface area contributed by atoms with E-state index in [2.05, 4.69) is 16.0 Å². The number of carbonyl (C=O) groups excluding carboxylic acids is 3. The molecule has 4 N–H and O–H groups in total. The van der Waals surface area contributed by atoms with E-state index in [0.717, 1.165) is 11.1 Å². The molecule has 0 fully saturated rings. The smallest absolute Gasteiger partial charge is 0.340 e. The van der Waals surface area contributed by atoms with Crippen molar-refractivity contribution in [1.82, 2.24) is 16.0 Å². The lowest BCUT2D eigenvalue weighted by Crippen LogP contribution is -2.55. The van der Waals surface area contributed by atoms with Crippen LogP contribution in [-0.2, 0) is 32.0 Å². The molecule has 42 heavy (non-hydrogen) atoms. The molecular weight excluding hydrogens is 542 g/mol. The van der Waals surface area contributed by atoms with Crippen LogP contribution in [-0.4, -0.2) is 54.5 Å². The Kier molecular flexibility index (Phi) is 10.8. The van der Waals surface area contributed by atoms with Gasteiger partial charge in [0.1, 0.15) is 23.4 Å². The van der Waals surface area contributed by atoms with Crippen molar-refractivity contribution in [2.45, 2.75) is 59.0 Å². The highest BCUT2D eigenvalue weighted by Crippen LogP contribution is 2.30. The number of benzene rings is 2. The number of aryl methyl sites for hydroxylation is 2. The second kappa shape index (κ2) is 14.3. The van der Waals surface area contributed by atoms with Gasteiger partial charge in [0.25, 0.3) is 0 Å². The van der Waals surface area contributed by atoms with E-state index < -0.39 is 47.9 Å². The summed E-state index contributed by atoms with van der Waals surface area (Å²) in [6.45, 7) is 6.68. The Morgan fingerprint density at radius 1 is 1.02 bits per heavy atom. The molecule has 0 aliphatic rings. The minimum atomic E-state index is -1.20. The fraction of sp³-hybridized carbons (Fsp3) is 0.387. The third-order valence-electron chi connectivity index (χ3n) is 7.20. The molecule has 1 heterocycles. The molecule has 3 aromatic rings. The summed E-state index contributed by atoms with van der Waals surface area (Å²) in [5.41, 5.74) is 1.94. The number of fused-ring (bicyclic) bond motifs is 1. The molecule has 11 nitrogen and oxygen atoms in total. The van der Waals surface area contributed by atoms with Crippen LogP contribution in [0.4, 0.5) is 0 Å². The zero-order valence-electron chi connectivity index (χ0n) is 24.4. The number of carbonyl (C=O) groups is 4. The van der Waals surface area contributed by atoms with Crippen LogP contribution in [0.5, 0.6) is 5.75 Å². The van der Waals surface area contributed by atoms with Gasteiger partial charge in [-0.25, -0.2) is 9.59 Å². The van der Waals surface area contributed by atoms with E-state index >= 15 is 0 Å². The van der Waals surface area contributed by atoms with Crippen LogP contribution in [0.3, 0.4) is 0 Å². The summed E-state index contributed by atoms with van der Waals surface area (Å²) in [5.74, 6) is -2.88. The van der Waals surface area contributed by atoms with E-state index in [9.17, 15) is 29.1 Å². The number of methoxy groups -OCH3 is 1. The number of rotatable bonds is 13. The van der Waals surface area contributed by atoms with E-state index in [-0.39, 0.29) is 24.3 Å². The Morgan fingerprint density at radius 3 is 2.33 bits per heavy atom. The van der Waals surface area contributed by atoms with Gasteiger partial charge < -0.3 is 30.2 Å². The lowest BCUT2D eigenvalue weighted by molar-refractivity contribution is -0.142. The Morgan fingerprint density at radius 2 is 1.71 bits per heavy atom. The minimum absolute atomic E-state index is 0.0762. The number of hydrogen-bond acceptors (Lipinski definition) is 7. The van der Waals surface area contributed by atoms with Crippen LogP contribution in [0, 0.1) is 19.8 Å². The van der Waals surface area contributed by atoms with Gasteiger partial charge in [-0.1, -0.05) is 50.6 Å². The quantitative estimate of drug-likeness (QED) is 0.224. The van der Waals surface area contributed by atoms with Crippen LogP contribution >= 0.6 is 0 Å². The van der Waals surface area contributed by atoms with Gasteiger partial charge in [0.2, 0.25) is 17.7 Å². The molecule has 0 radical (unpaired) electrons. The molecule has 0 aliphatic heterocycles. The Hall–Kier alpha value is -4.67. The first-order chi connectivity index (χ1) is 19.9. The lowest BCUT2D eigenvalue weighted by atomic mass is 9.97. The lowest BCUT2D eigenvalue weighted by Gasteiger charge is -2.25. The van der Waals surface area contributed by atoms with Crippen LogP contribution in [0.15, 0.2) is 51.7 Å². The third kappa shape index (κ3) is 7.96. The van der Waals surface area contributed by atoms with Crippen molar-refractivity contribution >= 4 is 34.7 Å². The summed E-state index contributed by atoms with van der Waals surface area (Å²) in [6, 6.07) is 10.2. The van der Waals surface area contributed by atoms with Gasteiger partial charge in [-0.2, -0.15) is 0 Å². The number of carboxylic acids is 1. The summed E-state index contributed by atoms with van der Waals surface area (Å²) in [7, 11) is 1.50. The first-order valence-corrected chi connectivity index (χ1v) is 13.7. The SMILES string of the molecule is CC[C@@H](C)[C@H](NC(=O)CNC(=O)Cc1c(C)c2c(OC)cc(C)cc2oc1=O)C(=O)N[C@@H](Cc1ccccc1)C(=O)O. The summed E-state index contributed by atoms with van der Waals surface area (Å²) in [4.78, 5) is 63.1. The number of hydrogen-bond donors (Lipinski definition) is 4. The largest absolute Gasteiger partial charge is 0.496 e. The zero-order chi connectivity index (χ0) is 31.0. The molecule has 11 heteroatoms. The molecule has 2 aromatic carbocycles. The monoisotopic (exact) mass is 579 g/mol. The van der Waals surface area contributed by atoms with Crippen molar-refractivity contribution in [2.24, 2.45) is 5.92 Å². The van der Waals surface area contributed by atoms with Gasteiger partial charge in [0, 0.05) is 6.42 Å². The molecular formula is C31H37N3O8. The summed E-state index contributed by atoms with van der Waals surface area (Å²) >= 11 is 0. The van der Waals surface area contributed by atoms with Crippen molar-refractivity contribution < 1.29 is 33.4 Å². The molecule has 0 saturated carbocycles. The van der Waals surface area contributed by atoms with Crippen LogP contribution in [0.2, 0.25) is 0 Å². The molecule has 3 rings (SSSR count). The highest BCUT2D eigenvalue weighted by atomic mass is 16.5. The van der Waals surface area contributed by atoms with Gasteiger partial charge >= 0.3 is 11.6 Å². The van der Waals surface area contributed by atoms with E-state index in [1.165, 1.54) is 7.11 Å². The second-order valence-corrected chi connectivity index (χ2v) is 10.3. The second-order valence-electron chi connectivity index (χ2n) is 10.3. The number of amides is 3. The fourth-order valence-corrected chi connectivity index (χ4v) is 4.64. The average Bonchev–Trinajstić information content (AvgIpc) is 2.95. The minimum Gasteiger partial charge on any atom is -0.496 e. The van der Waals surface area contributed by atoms with Gasteiger partial charge in [0.15, 0.2) is 0 Å². The first kappa shape index (κ1) is 31.9. The molecule has 0 unspecified atom stereocenters. The van der Waals surface area contributed by atoms with Crippen LogP contribution in [0.1, 0.15) is 42.5 Å². The van der Waals surface area contributed by atoms with Crippen molar-refractivity contribution in [2.75, 3.05) is 13.7 Å². The number of ether oxygens (including phenoxy) is 1. The zero-order valence-corrected chi connectivity index (χ0v) is 24.4. The number of carboxylic acid groups (broad SMARTS) is 1. The maximum absolute atomic E-state index is 13.1. The average molecular weight is 580 g/mol. The molecule has 0 saturated heterocycles. The summed E-state index contributed by atoms with van der Waals surface area (Å²) in [5, 5.41) is 17.9. The molecule has 1 aromatic heterocycles. The Balaban J connectivity index is 1.66. The van der Waals surface area contributed by atoms with Gasteiger partial charge in [-0.3, -0.25) is 14.4 Å². The topological polar surface area (TPSA) is 164 Å². The molecule has 224 valence electrons. The van der Waals surface area contributed by atoms with E-state index in [4.69, 9.17) is 9.15 Å². The van der Waals surface area contributed by atoms with Crippen molar-refractivity contribution in [3.05, 3.63) is 75.1 Å². The Labute approximate surface area is 243 Å². The molecule has 3 atom stereocenters. The maximum Gasteiger partial charge on any atom is 0.340 e. The predicted molar refractivity (Wildman–Crippen MR) is 156 cm³/mol. The van der Waals surface area contributed by atoms with Crippen molar-refractivity contribution in [3.8, 4) is 5.75 Å². The number of nitrogens with one attached hydrogen (secondary N) is 3. The number of aliphatic carboxylic acids is 1. The fourth-order valence-electron chi connectivity index (χ4n) is 4.64. The van der Waals surface area contributed by atoms with E-state index in [1.807, 2.05) is 13.8 Å². The van der Waals surface area contributed by atoms with E-state index in [1.54, 1.807) is 56.3 Å². The van der Waals surface area contributed by atoms with Gasteiger partial charge in [-0.15, -0.1) is 0 Å². The molecule has 3 amide bonds. The van der Waals surface area contributed by atoms with Gasteiger partial charge in [-0.05, 0) is 48.6 Å². The highest BCUT2D eigenvalue weighted by Gasteiger charge is 2.30. The van der Waals surface area contributed by atoms with Crippen molar-refractivity contribution in [1.29, 1.82) is 0 Å². The Bertz CT molecular complexity index is 1520. The standard InChI is InChI=1S/C31H37N3O8/c1-6-18(3)28(29(37)33-22(30(38)39)14-20-10-8-7-9-11-20)34-26(36)16-32-25(35)15-21-19(4)27-23(41-5)12-17(2)13-24(27)42-31(21)40/h7-13,18,22,28H,6,14-16H2,1-5H3,(H,32,35)(H,33,37)(H,34,36)(H,38,39)/t18-,22+,28+/m1/s1. The molecule has 0 bridgehead atoms. The predicted octanol–water partition coefficient (Wildman–Crippen LogP) is 2.42. The van der Waals surface area contributed by atoms with Crippen LogP contribution in [0.25, 0.3) is 11.0 Å².